The molecule has 1 atom stereocenters. The Hall–Kier alpha value is -2.37. The van der Waals surface area contributed by atoms with Crippen molar-refractivity contribution in [2.75, 3.05) is 0 Å². The Kier molecular flexibility index (Phi) is 5.02. The summed E-state index contributed by atoms with van der Waals surface area (Å²) >= 11 is 3.35. The number of rotatable bonds is 4. The molecule has 0 bridgehead atoms. The van der Waals surface area contributed by atoms with Crippen molar-refractivity contribution in [1.29, 1.82) is 0 Å². The zero-order chi connectivity index (χ0) is 19.8. The molecule has 0 amide bonds. The van der Waals surface area contributed by atoms with Crippen LogP contribution in [0.15, 0.2) is 70.6 Å². The first-order valence-electron chi connectivity index (χ1n) is 10.00. The van der Waals surface area contributed by atoms with E-state index in [-0.39, 0.29) is 5.56 Å². The van der Waals surface area contributed by atoms with Crippen LogP contribution in [0.25, 0.3) is 15.9 Å². The Morgan fingerprint density at radius 3 is 2.59 bits per heavy atom. The number of benzene rings is 2. The summed E-state index contributed by atoms with van der Waals surface area (Å²) in [6.45, 7) is 2.28. The van der Waals surface area contributed by atoms with E-state index in [2.05, 4.69) is 19.1 Å². The van der Waals surface area contributed by atoms with Crippen molar-refractivity contribution in [3.8, 4) is 5.69 Å². The molecule has 1 aliphatic rings. The molecule has 29 heavy (non-hydrogen) atoms. The Labute approximate surface area is 178 Å². The zero-order valence-corrected chi connectivity index (χ0v) is 17.9. The van der Waals surface area contributed by atoms with Gasteiger partial charge in [-0.2, -0.15) is 0 Å². The SMILES string of the molecule is C[C@H]1CCc2sc3nc(SCc4ccccc4)n(-c4ccccc4)c(=O)c3c2C1. The molecule has 0 aliphatic heterocycles. The number of thioether (sulfide) groups is 1. The van der Waals surface area contributed by atoms with Crippen LogP contribution in [0.1, 0.15) is 29.3 Å². The first-order valence-corrected chi connectivity index (χ1v) is 11.8. The predicted octanol–water partition coefficient (Wildman–Crippen LogP) is 5.86. The van der Waals surface area contributed by atoms with Gasteiger partial charge < -0.3 is 0 Å². The van der Waals surface area contributed by atoms with Crippen LogP contribution in [-0.4, -0.2) is 9.55 Å². The van der Waals surface area contributed by atoms with Gasteiger partial charge in [-0.3, -0.25) is 9.36 Å². The van der Waals surface area contributed by atoms with Crippen LogP contribution >= 0.6 is 23.1 Å². The van der Waals surface area contributed by atoms with Gasteiger partial charge in [-0.05, 0) is 48.4 Å². The van der Waals surface area contributed by atoms with E-state index in [9.17, 15) is 4.79 Å². The minimum Gasteiger partial charge on any atom is -0.268 e. The summed E-state index contributed by atoms with van der Waals surface area (Å²) in [6, 6.07) is 20.2. The molecule has 1 aliphatic carbocycles. The maximum Gasteiger partial charge on any atom is 0.267 e. The van der Waals surface area contributed by atoms with Crippen LogP contribution in [-0.2, 0) is 18.6 Å². The molecule has 2 aromatic heterocycles. The van der Waals surface area contributed by atoms with E-state index in [0.717, 1.165) is 39.7 Å². The lowest BCUT2D eigenvalue weighted by molar-refractivity contribution is 0.508. The predicted molar refractivity (Wildman–Crippen MR) is 122 cm³/mol. The fraction of sp³-hybridized carbons (Fsp3) is 0.250. The third kappa shape index (κ3) is 3.53. The van der Waals surface area contributed by atoms with Gasteiger partial charge in [0.05, 0.1) is 11.1 Å². The first-order chi connectivity index (χ1) is 14.2. The molecule has 146 valence electrons. The fourth-order valence-corrected chi connectivity index (χ4v) is 6.23. The van der Waals surface area contributed by atoms with Gasteiger partial charge in [0.15, 0.2) is 5.16 Å². The monoisotopic (exact) mass is 418 g/mol. The molecule has 2 aromatic carbocycles. The number of hydrogen-bond acceptors (Lipinski definition) is 4. The molecule has 0 radical (unpaired) electrons. The second-order valence-electron chi connectivity index (χ2n) is 7.68. The number of para-hydroxylation sites is 1. The normalized spacial score (nSPS) is 16.1. The van der Waals surface area contributed by atoms with Gasteiger partial charge in [0.1, 0.15) is 4.83 Å². The van der Waals surface area contributed by atoms with E-state index in [0.29, 0.717) is 5.92 Å². The lowest BCUT2D eigenvalue weighted by Gasteiger charge is -2.18. The Morgan fingerprint density at radius 2 is 1.83 bits per heavy atom. The summed E-state index contributed by atoms with van der Waals surface area (Å²) < 4.78 is 1.81. The third-order valence-electron chi connectivity index (χ3n) is 5.52. The molecule has 5 heteroatoms. The Bertz CT molecular complexity index is 1210. The molecular formula is C24H22N2OS2. The van der Waals surface area contributed by atoms with Crippen molar-refractivity contribution in [3.63, 3.8) is 0 Å². The van der Waals surface area contributed by atoms with Crippen molar-refractivity contribution < 1.29 is 0 Å². The first kappa shape index (κ1) is 18.6. The summed E-state index contributed by atoms with van der Waals surface area (Å²) in [5.74, 6) is 1.41. The number of thiophene rings is 1. The standard InChI is InChI=1S/C24H22N2OS2/c1-16-12-13-20-19(14-16)21-22(29-20)25-24(28-15-17-8-4-2-5-9-17)26(23(21)27)18-10-6-3-7-11-18/h2-11,16H,12-15H2,1H3/t16-/m0/s1. The van der Waals surface area contributed by atoms with E-state index in [1.54, 1.807) is 23.1 Å². The van der Waals surface area contributed by atoms with Crippen LogP contribution in [0.2, 0.25) is 0 Å². The largest absolute Gasteiger partial charge is 0.268 e. The summed E-state index contributed by atoms with van der Waals surface area (Å²) in [4.78, 5) is 21.0. The maximum atomic E-state index is 13.7. The molecular weight excluding hydrogens is 396 g/mol. The molecule has 0 saturated heterocycles. The molecule has 0 fully saturated rings. The van der Waals surface area contributed by atoms with Crippen LogP contribution in [0.3, 0.4) is 0 Å². The average Bonchev–Trinajstić information content (AvgIpc) is 3.11. The quantitative estimate of drug-likeness (QED) is 0.307. The van der Waals surface area contributed by atoms with Crippen molar-refractivity contribution in [2.45, 2.75) is 37.1 Å². The van der Waals surface area contributed by atoms with Crippen molar-refractivity contribution >= 4 is 33.3 Å². The zero-order valence-electron chi connectivity index (χ0n) is 16.3. The van der Waals surface area contributed by atoms with Gasteiger partial charge in [0, 0.05) is 10.6 Å². The molecule has 0 unspecified atom stereocenters. The number of fused-ring (bicyclic) bond motifs is 3. The second kappa shape index (κ2) is 7.81. The highest BCUT2D eigenvalue weighted by Gasteiger charge is 2.25. The maximum absolute atomic E-state index is 13.7. The summed E-state index contributed by atoms with van der Waals surface area (Å²) in [7, 11) is 0. The van der Waals surface area contributed by atoms with Crippen molar-refractivity contribution in [2.24, 2.45) is 5.92 Å². The molecule has 4 aromatic rings. The molecule has 5 rings (SSSR count). The number of hydrogen-bond donors (Lipinski definition) is 0. The number of aryl methyl sites for hydroxylation is 1. The van der Waals surface area contributed by atoms with Gasteiger partial charge >= 0.3 is 0 Å². The lowest BCUT2D eigenvalue weighted by atomic mass is 9.89. The second-order valence-corrected chi connectivity index (χ2v) is 9.70. The van der Waals surface area contributed by atoms with Gasteiger partial charge in [0.2, 0.25) is 0 Å². The van der Waals surface area contributed by atoms with Crippen LogP contribution in [0.4, 0.5) is 0 Å². The lowest BCUT2D eigenvalue weighted by Crippen LogP contribution is -2.22. The summed E-state index contributed by atoms with van der Waals surface area (Å²) in [6.07, 6.45) is 3.24. The smallest absolute Gasteiger partial charge is 0.267 e. The van der Waals surface area contributed by atoms with Gasteiger partial charge in [0.25, 0.3) is 5.56 Å². The molecule has 3 nitrogen and oxygen atoms in total. The Balaban J connectivity index is 1.68. The highest BCUT2D eigenvalue weighted by atomic mass is 32.2. The van der Waals surface area contributed by atoms with Crippen LogP contribution < -0.4 is 5.56 Å². The minimum absolute atomic E-state index is 0.0726. The van der Waals surface area contributed by atoms with Crippen molar-refractivity contribution in [3.05, 3.63) is 87.0 Å². The molecule has 0 saturated carbocycles. The summed E-state index contributed by atoms with van der Waals surface area (Å²) in [5.41, 5.74) is 3.42. The summed E-state index contributed by atoms with van der Waals surface area (Å²) in [5, 5.41) is 1.61. The molecule has 0 spiro atoms. The van der Waals surface area contributed by atoms with E-state index in [1.807, 2.05) is 53.1 Å². The van der Waals surface area contributed by atoms with Gasteiger partial charge in [-0.15, -0.1) is 11.3 Å². The average molecular weight is 419 g/mol. The third-order valence-corrected chi connectivity index (χ3v) is 7.71. The van der Waals surface area contributed by atoms with E-state index in [4.69, 9.17) is 4.98 Å². The van der Waals surface area contributed by atoms with E-state index < -0.39 is 0 Å². The highest BCUT2D eigenvalue weighted by Crippen LogP contribution is 2.37. The molecule has 2 heterocycles. The molecule has 0 N–H and O–H groups in total. The van der Waals surface area contributed by atoms with Gasteiger partial charge in [-0.1, -0.05) is 67.2 Å². The highest BCUT2D eigenvalue weighted by molar-refractivity contribution is 7.98. The van der Waals surface area contributed by atoms with Crippen LogP contribution in [0.5, 0.6) is 0 Å². The number of aromatic nitrogens is 2. The van der Waals surface area contributed by atoms with E-state index in [1.165, 1.54) is 22.4 Å². The fourth-order valence-electron chi connectivity index (χ4n) is 4.00. The van der Waals surface area contributed by atoms with Gasteiger partial charge in [-0.25, -0.2) is 4.98 Å². The van der Waals surface area contributed by atoms with Crippen molar-refractivity contribution in [1.82, 2.24) is 9.55 Å². The Morgan fingerprint density at radius 1 is 1.10 bits per heavy atom. The van der Waals surface area contributed by atoms with Crippen LogP contribution in [0, 0.1) is 5.92 Å². The minimum atomic E-state index is 0.0726. The number of nitrogens with zero attached hydrogens (tertiary/aromatic N) is 2. The topological polar surface area (TPSA) is 34.9 Å². The van der Waals surface area contributed by atoms with E-state index >= 15 is 0 Å².